The lowest BCUT2D eigenvalue weighted by Crippen LogP contribution is -2.21. The second-order valence-corrected chi connectivity index (χ2v) is 5.93. The lowest BCUT2D eigenvalue weighted by Gasteiger charge is -2.23. The zero-order valence-corrected chi connectivity index (χ0v) is 13.6. The summed E-state index contributed by atoms with van der Waals surface area (Å²) in [6.45, 7) is 2.15. The summed E-state index contributed by atoms with van der Waals surface area (Å²) in [4.78, 5) is 9.00. The maximum absolute atomic E-state index is 6.26. The van der Waals surface area contributed by atoms with Crippen LogP contribution in [0.3, 0.4) is 0 Å². The number of para-hydroxylation sites is 4. The van der Waals surface area contributed by atoms with Crippen LogP contribution in [0.25, 0.3) is 22.1 Å². The van der Waals surface area contributed by atoms with E-state index in [0.29, 0.717) is 11.9 Å². The molecule has 0 aliphatic heterocycles. The van der Waals surface area contributed by atoms with Gasteiger partial charge in [-0.1, -0.05) is 37.6 Å². The highest BCUT2D eigenvalue weighted by atomic mass is 15.3. The third kappa shape index (κ3) is 2.11. The average molecular weight is 320 g/mol. The molecule has 0 aliphatic rings. The minimum atomic E-state index is -0.0604. The normalized spacial score (nSPS) is 11.8. The number of hydrogen-bond donors (Lipinski definition) is 2. The zero-order chi connectivity index (χ0) is 16.7. The first-order valence-electron chi connectivity index (χ1n) is 8.15. The van der Waals surface area contributed by atoms with Crippen molar-refractivity contribution in [2.24, 2.45) is 0 Å². The molecule has 0 spiro atoms. The van der Waals surface area contributed by atoms with E-state index in [2.05, 4.69) is 26.0 Å². The van der Waals surface area contributed by atoms with Gasteiger partial charge < -0.3 is 11.5 Å². The molecule has 6 heteroatoms. The highest BCUT2D eigenvalue weighted by Gasteiger charge is 2.22. The first-order chi connectivity index (χ1) is 11.7. The lowest BCUT2D eigenvalue weighted by molar-refractivity contribution is 0.425. The van der Waals surface area contributed by atoms with E-state index in [1.807, 2.05) is 48.5 Å². The van der Waals surface area contributed by atoms with Gasteiger partial charge in [-0.15, -0.1) is 0 Å². The zero-order valence-electron chi connectivity index (χ0n) is 13.6. The first-order valence-corrected chi connectivity index (χ1v) is 8.15. The molecule has 0 aliphatic carbocycles. The van der Waals surface area contributed by atoms with Crippen LogP contribution >= 0.6 is 0 Å². The largest absolute Gasteiger partial charge is 0.369 e. The molecule has 2 aromatic heterocycles. The molecule has 0 fully saturated rings. The molecule has 24 heavy (non-hydrogen) atoms. The van der Waals surface area contributed by atoms with Gasteiger partial charge in [0.2, 0.25) is 11.9 Å². The smallest absolute Gasteiger partial charge is 0.202 e. The SMILES string of the molecule is CCCC(n1c(N)nc2ccccc21)n1c(N)nc2ccccc21. The summed E-state index contributed by atoms with van der Waals surface area (Å²) in [5.41, 5.74) is 16.3. The number of nitrogens with zero attached hydrogens (tertiary/aromatic N) is 4. The van der Waals surface area contributed by atoms with Crippen LogP contribution in [0.15, 0.2) is 48.5 Å². The third-order valence-corrected chi connectivity index (χ3v) is 4.39. The van der Waals surface area contributed by atoms with Gasteiger partial charge in [0.05, 0.1) is 22.1 Å². The van der Waals surface area contributed by atoms with Crippen molar-refractivity contribution in [1.29, 1.82) is 0 Å². The topological polar surface area (TPSA) is 87.7 Å². The summed E-state index contributed by atoms with van der Waals surface area (Å²) >= 11 is 0. The number of nitrogen functional groups attached to an aromatic ring is 2. The van der Waals surface area contributed by atoms with Gasteiger partial charge in [0, 0.05) is 0 Å². The Morgan fingerprint density at radius 3 is 1.75 bits per heavy atom. The minimum absolute atomic E-state index is 0.0604. The predicted octanol–water partition coefficient (Wildman–Crippen LogP) is 3.40. The highest BCUT2D eigenvalue weighted by molar-refractivity contribution is 5.80. The fourth-order valence-electron chi connectivity index (χ4n) is 3.38. The van der Waals surface area contributed by atoms with Crippen molar-refractivity contribution in [2.75, 3.05) is 11.5 Å². The van der Waals surface area contributed by atoms with Crippen molar-refractivity contribution in [3.63, 3.8) is 0 Å². The van der Waals surface area contributed by atoms with E-state index in [4.69, 9.17) is 11.5 Å². The van der Waals surface area contributed by atoms with E-state index >= 15 is 0 Å². The Morgan fingerprint density at radius 2 is 1.29 bits per heavy atom. The molecule has 122 valence electrons. The Bertz CT molecular complexity index is 933. The van der Waals surface area contributed by atoms with Crippen LogP contribution in [-0.4, -0.2) is 19.1 Å². The molecular weight excluding hydrogens is 300 g/mol. The van der Waals surface area contributed by atoms with Crippen LogP contribution < -0.4 is 11.5 Å². The molecule has 0 bridgehead atoms. The fourth-order valence-corrected chi connectivity index (χ4v) is 3.38. The lowest BCUT2D eigenvalue weighted by atomic mass is 10.2. The van der Waals surface area contributed by atoms with Gasteiger partial charge in [-0.05, 0) is 30.7 Å². The number of anilines is 2. The molecule has 0 amide bonds. The Morgan fingerprint density at radius 1 is 0.833 bits per heavy atom. The number of imidazole rings is 2. The van der Waals surface area contributed by atoms with Crippen molar-refractivity contribution in [2.45, 2.75) is 25.9 Å². The standard InChI is InChI=1S/C18H20N6/c1-2-7-16(23-14-10-5-3-8-12(14)21-17(23)19)24-15-11-6-4-9-13(15)22-18(24)20/h3-6,8-11,16H,2,7H2,1H3,(H2,19,21)(H2,20,22). The van der Waals surface area contributed by atoms with Crippen LogP contribution in [0, 0.1) is 0 Å². The van der Waals surface area contributed by atoms with Crippen LogP contribution in [0.5, 0.6) is 0 Å². The van der Waals surface area contributed by atoms with Crippen molar-refractivity contribution < 1.29 is 0 Å². The molecule has 0 radical (unpaired) electrons. The van der Waals surface area contributed by atoms with E-state index in [9.17, 15) is 0 Å². The summed E-state index contributed by atoms with van der Waals surface area (Å²) in [5.74, 6) is 0.985. The molecule has 6 nitrogen and oxygen atoms in total. The molecule has 2 heterocycles. The molecule has 0 unspecified atom stereocenters. The van der Waals surface area contributed by atoms with Gasteiger partial charge in [-0.25, -0.2) is 9.97 Å². The molecule has 4 rings (SSSR count). The molecule has 4 aromatic rings. The van der Waals surface area contributed by atoms with Gasteiger partial charge in [0.25, 0.3) is 0 Å². The second kappa shape index (κ2) is 5.56. The average Bonchev–Trinajstić information content (AvgIpc) is 3.08. The van der Waals surface area contributed by atoms with Crippen molar-refractivity contribution in [1.82, 2.24) is 19.1 Å². The van der Waals surface area contributed by atoms with Crippen LogP contribution in [0.2, 0.25) is 0 Å². The number of benzene rings is 2. The number of nitrogens with two attached hydrogens (primary N) is 2. The molecular formula is C18H20N6. The molecule has 0 atom stereocenters. The van der Waals surface area contributed by atoms with Crippen molar-refractivity contribution in [3.8, 4) is 0 Å². The molecule has 0 saturated carbocycles. The second-order valence-electron chi connectivity index (χ2n) is 5.93. The van der Waals surface area contributed by atoms with E-state index in [0.717, 1.165) is 34.9 Å². The number of hydrogen-bond acceptors (Lipinski definition) is 4. The molecule has 2 aromatic carbocycles. The van der Waals surface area contributed by atoms with Gasteiger partial charge in [-0.3, -0.25) is 9.13 Å². The Labute approximate surface area is 139 Å². The Balaban J connectivity index is 2.00. The third-order valence-electron chi connectivity index (χ3n) is 4.39. The van der Waals surface area contributed by atoms with E-state index < -0.39 is 0 Å². The maximum atomic E-state index is 6.26. The Kier molecular flexibility index (Phi) is 3.37. The first kappa shape index (κ1) is 14.6. The minimum Gasteiger partial charge on any atom is -0.369 e. The molecule has 0 saturated heterocycles. The van der Waals surface area contributed by atoms with Crippen molar-refractivity contribution in [3.05, 3.63) is 48.5 Å². The number of aromatic nitrogens is 4. The van der Waals surface area contributed by atoms with Crippen LogP contribution in [0.4, 0.5) is 11.9 Å². The van der Waals surface area contributed by atoms with Gasteiger partial charge in [0.15, 0.2) is 0 Å². The summed E-state index contributed by atoms with van der Waals surface area (Å²) in [6.07, 6.45) is 1.81. The van der Waals surface area contributed by atoms with Crippen molar-refractivity contribution >= 4 is 34.0 Å². The van der Waals surface area contributed by atoms with Gasteiger partial charge in [-0.2, -0.15) is 0 Å². The van der Waals surface area contributed by atoms with E-state index in [1.165, 1.54) is 0 Å². The van der Waals surface area contributed by atoms with E-state index in [1.54, 1.807) is 0 Å². The monoisotopic (exact) mass is 320 g/mol. The predicted molar refractivity (Wildman–Crippen MR) is 97.6 cm³/mol. The number of fused-ring (bicyclic) bond motifs is 2. The highest BCUT2D eigenvalue weighted by Crippen LogP contribution is 2.31. The summed E-state index contributed by atoms with van der Waals surface area (Å²) < 4.78 is 4.12. The van der Waals surface area contributed by atoms with Crippen LogP contribution in [-0.2, 0) is 0 Å². The van der Waals surface area contributed by atoms with Crippen LogP contribution in [0.1, 0.15) is 25.9 Å². The summed E-state index contributed by atoms with van der Waals surface area (Å²) in [6, 6.07) is 16.0. The number of rotatable bonds is 4. The summed E-state index contributed by atoms with van der Waals surface area (Å²) in [7, 11) is 0. The van der Waals surface area contributed by atoms with E-state index in [-0.39, 0.29) is 6.17 Å². The Hall–Kier alpha value is -3.02. The summed E-state index contributed by atoms with van der Waals surface area (Å²) in [5, 5.41) is 0. The van der Waals surface area contributed by atoms with Gasteiger partial charge >= 0.3 is 0 Å². The maximum Gasteiger partial charge on any atom is 0.202 e. The fraction of sp³-hybridized carbons (Fsp3) is 0.222. The molecule has 4 N–H and O–H groups in total. The van der Waals surface area contributed by atoms with Gasteiger partial charge in [0.1, 0.15) is 6.17 Å². The quantitative estimate of drug-likeness (QED) is 0.603.